The minimum absolute atomic E-state index is 0.000369. The molecule has 0 amide bonds. The van der Waals surface area contributed by atoms with Crippen molar-refractivity contribution in [2.24, 2.45) is 0 Å². The van der Waals surface area contributed by atoms with Gasteiger partial charge >= 0.3 is 0 Å². The van der Waals surface area contributed by atoms with Crippen LogP contribution in [0.2, 0.25) is 0 Å². The van der Waals surface area contributed by atoms with Gasteiger partial charge in [0, 0.05) is 37.1 Å². The number of benzene rings is 3. The van der Waals surface area contributed by atoms with Crippen molar-refractivity contribution >= 4 is 11.4 Å². The van der Waals surface area contributed by atoms with Crippen LogP contribution in [0.3, 0.4) is 0 Å². The number of nitro groups is 2. The molecule has 2 atom stereocenters. The van der Waals surface area contributed by atoms with Gasteiger partial charge in [0.25, 0.3) is 11.4 Å². The monoisotopic (exact) mass is 408 g/mol. The highest BCUT2D eigenvalue weighted by atomic mass is 16.6. The molecule has 3 aromatic carbocycles. The second-order valence-electron chi connectivity index (χ2n) is 6.95. The van der Waals surface area contributed by atoms with Crippen molar-refractivity contribution < 1.29 is 20.1 Å². The standard InChI is InChI=1S/C22H20N2O6/c25-21(13-15-1-9-19(10-2-15)23(27)28)17-5-7-18(8-6-17)22(26)14-16-3-11-20(12-4-16)24(29)30/h1-12,21-22,25-26H,13-14H2. The van der Waals surface area contributed by atoms with E-state index in [1.807, 2.05) is 0 Å². The Morgan fingerprint density at radius 1 is 0.600 bits per heavy atom. The summed E-state index contributed by atoms with van der Waals surface area (Å²) < 4.78 is 0. The molecule has 30 heavy (non-hydrogen) atoms. The summed E-state index contributed by atoms with van der Waals surface area (Å²) in [7, 11) is 0. The molecule has 0 aromatic heterocycles. The van der Waals surface area contributed by atoms with Gasteiger partial charge in [-0.15, -0.1) is 0 Å². The van der Waals surface area contributed by atoms with E-state index < -0.39 is 22.1 Å². The molecule has 0 fully saturated rings. The zero-order chi connectivity index (χ0) is 21.7. The van der Waals surface area contributed by atoms with Gasteiger partial charge in [0.2, 0.25) is 0 Å². The highest BCUT2D eigenvalue weighted by Crippen LogP contribution is 2.24. The van der Waals surface area contributed by atoms with Crippen LogP contribution < -0.4 is 0 Å². The van der Waals surface area contributed by atoms with Gasteiger partial charge in [0.05, 0.1) is 22.1 Å². The van der Waals surface area contributed by atoms with Crippen LogP contribution in [0.4, 0.5) is 11.4 Å². The summed E-state index contributed by atoms with van der Waals surface area (Å²) in [5, 5.41) is 42.3. The van der Waals surface area contributed by atoms with Gasteiger partial charge in [-0.3, -0.25) is 20.2 Å². The second kappa shape index (κ2) is 9.25. The Morgan fingerprint density at radius 2 is 0.900 bits per heavy atom. The average molecular weight is 408 g/mol. The molecular formula is C22H20N2O6. The summed E-state index contributed by atoms with van der Waals surface area (Å²) in [6, 6.07) is 19.0. The SMILES string of the molecule is O=[N+]([O-])c1ccc(CC(O)c2ccc(C(O)Cc3ccc([N+](=O)[O-])cc3)cc2)cc1. The van der Waals surface area contributed by atoms with E-state index in [-0.39, 0.29) is 11.4 Å². The molecule has 0 radical (unpaired) electrons. The maximum absolute atomic E-state index is 10.7. The Balaban J connectivity index is 1.61. The lowest BCUT2D eigenvalue weighted by molar-refractivity contribution is -0.385. The molecular weight excluding hydrogens is 388 g/mol. The summed E-state index contributed by atoms with van der Waals surface area (Å²) in [6.45, 7) is 0. The number of hydrogen-bond donors (Lipinski definition) is 2. The smallest absolute Gasteiger partial charge is 0.269 e. The topological polar surface area (TPSA) is 127 Å². The average Bonchev–Trinajstić information content (AvgIpc) is 2.74. The number of aliphatic hydroxyl groups is 2. The van der Waals surface area contributed by atoms with Crippen LogP contribution in [0.5, 0.6) is 0 Å². The molecule has 2 unspecified atom stereocenters. The first-order valence-electron chi connectivity index (χ1n) is 9.26. The van der Waals surface area contributed by atoms with E-state index >= 15 is 0 Å². The predicted molar refractivity (Wildman–Crippen MR) is 110 cm³/mol. The van der Waals surface area contributed by atoms with Gasteiger partial charge in [-0.25, -0.2) is 0 Å². The van der Waals surface area contributed by atoms with Crippen LogP contribution in [0.25, 0.3) is 0 Å². The molecule has 0 heterocycles. The molecule has 2 N–H and O–H groups in total. The predicted octanol–water partition coefficient (Wildman–Crippen LogP) is 4.06. The van der Waals surface area contributed by atoms with Gasteiger partial charge in [0.15, 0.2) is 0 Å². The maximum Gasteiger partial charge on any atom is 0.269 e. The van der Waals surface area contributed by atoms with Crippen LogP contribution in [0.1, 0.15) is 34.5 Å². The van der Waals surface area contributed by atoms with Crippen molar-refractivity contribution in [2.45, 2.75) is 25.0 Å². The molecule has 8 nitrogen and oxygen atoms in total. The van der Waals surface area contributed by atoms with E-state index in [0.717, 1.165) is 11.1 Å². The largest absolute Gasteiger partial charge is 0.388 e. The lowest BCUT2D eigenvalue weighted by Crippen LogP contribution is -2.05. The van der Waals surface area contributed by atoms with Crippen molar-refractivity contribution in [3.05, 3.63) is 115 Å². The van der Waals surface area contributed by atoms with Gasteiger partial charge in [-0.2, -0.15) is 0 Å². The molecule has 3 rings (SSSR count). The summed E-state index contributed by atoms with van der Waals surface area (Å²) in [5.74, 6) is 0. The first-order valence-corrected chi connectivity index (χ1v) is 9.26. The van der Waals surface area contributed by atoms with Crippen molar-refractivity contribution in [1.29, 1.82) is 0 Å². The van der Waals surface area contributed by atoms with Gasteiger partial charge in [0.1, 0.15) is 0 Å². The summed E-state index contributed by atoms with van der Waals surface area (Å²) in [4.78, 5) is 20.5. The fourth-order valence-electron chi connectivity index (χ4n) is 3.13. The highest BCUT2D eigenvalue weighted by molar-refractivity contribution is 5.35. The first kappa shape index (κ1) is 21.1. The molecule has 0 aliphatic heterocycles. The Kier molecular flexibility index (Phi) is 6.51. The minimum atomic E-state index is -0.785. The number of aliphatic hydroxyl groups excluding tert-OH is 2. The molecule has 0 spiro atoms. The quantitative estimate of drug-likeness (QED) is 0.427. The summed E-state index contributed by atoms with van der Waals surface area (Å²) in [5.41, 5.74) is 2.88. The fraction of sp³-hybridized carbons (Fsp3) is 0.182. The maximum atomic E-state index is 10.7. The second-order valence-corrected chi connectivity index (χ2v) is 6.95. The highest BCUT2D eigenvalue weighted by Gasteiger charge is 2.14. The van der Waals surface area contributed by atoms with Crippen molar-refractivity contribution in [3.8, 4) is 0 Å². The van der Waals surface area contributed by atoms with E-state index in [4.69, 9.17) is 0 Å². The number of hydrogen-bond acceptors (Lipinski definition) is 6. The van der Waals surface area contributed by atoms with E-state index in [1.54, 1.807) is 48.5 Å². The molecule has 0 bridgehead atoms. The van der Waals surface area contributed by atoms with Gasteiger partial charge < -0.3 is 10.2 Å². The third-order valence-electron chi connectivity index (χ3n) is 4.86. The third-order valence-corrected chi connectivity index (χ3v) is 4.86. The Labute approximate surface area is 172 Å². The van der Waals surface area contributed by atoms with Crippen LogP contribution >= 0.6 is 0 Å². The third kappa shape index (κ3) is 5.25. The molecule has 0 saturated carbocycles. The number of nitro benzene ring substituents is 2. The Morgan fingerprint density at radius 3 is 1.17 bits per heavy atom. The molecule has 0 saturated heterocycles. The Hall–Kier alpha value is -3.62. The minimum Gasteiger partial charge on any atom is -0.388 e. The van der Waals surface area contributed by atoms with Crippen molar-refractivity contribution in [1.82, 2.24) is 0 Å². The zero-order valence-corrected chi connectivity index (χ0v) is 15.9. The lowest BCUT2D eigenvalue weighted by atomic mass is 9.97. The van der Waals surface area contributed by atoms with Crippen molar-refractivity contribution in [3.63, 3.8) is 0 Å². The molecule has 0 aliphatic rings. The Bertz CT molecular complexity index is 933. The van der Waals surface area contributed by atoms with Crippen LogP contribution in [-0.4, -0.2) is 20.1 Å². The van der Waals surface area contributed by atoms with Crippen LogP contribution in [-0.2, 0) is 12.8 Å². The fourth-order valence-corrected chi connectivity index (χ4v) is 3.13. The van der Waals surface area contributed by atoms with E-state index in [1.165, 1.54) is 24.3 Å². The van der Waals surface area contributed by atoms with Crippen LogP contribution in [0.15, 0.2) is 72.8 Å². The van der Waals surface area contributed by atoms with E-state index in [2.05, 4.69) is 0 Å². The van der Waals surface area contributed by atoms with Crippen LogP contribution in [0, 0.1) is 20.2 Å². The molecule has 3 aromatic rings. The number of rotatable bonds is 8. The van der Waals surface area contributed by atoms with E-state index in [0.29, 0.717) is 24.0 Å². The van der Waals surface area contributed by atoms with Gasteiger partial charge in [-0.1, -0.05) is 48.5 Å². The summed E-state index contributed by atoms with van der Waals surface area (Å²) >= 11 is 0. The molecule has 8 heteroatoms. The summed E-state index contributed by atoms with van der Waals surface area (Å²) in [6.07, 6.45) is -0.953. The zero-order valence-electron chi connectivity index (χ0n) is 15.9. The number of nitrogens with zero attached hydrogens (tertiary/aromatic N) is 2. The molecule has 154 valence electrons. The first-order chi connectivity index (χ1) is 14.3. The van der Waals surface area contributed by atoms with E-state index in [9.17, 15) is 30.4 Å². The van der Waals surface area contributed by atoms with Gasteiger partial charge in [-0.05, 0) is 22.3 Å². The lowest BCUT2D eigenvalue weighted by Gasteiger charge is -2.14. The normalized spacial score (nSPS) is 12.9. The molecule has 0 aliphatic carbocycles. The van der Waals surface area contributed by atoms with Crippen molar-refractivity contribution in [2.75, 3.05) is 0 Å². The number of non-ortho nitro benzene ring substituents is 2.